The number of benzene rings is 4. The summed E-state index contributed by atoms with van der Waals surface area (Å²) in [7, 11) is -5.45. The predicted molar refractivity (Wildman–Crippen MR) is 155 cm³/mol. The van der Waals surface area contributed by atoms with Crippen LogP contribution in [0.4, 0.5) is 43.9 Å². The summed E-state index contributed by atoms with van der Waals surface area (Å²) in [4.78, 5) is 0. The number of hydrogen-bond acceptors (Lipinski definition) is 1. The molecule has 238 valence electrons. The maximum atomic E-state index is 15.7. The molecule has 1 aliphatic heterocycles. The van der Waals surface area contributed by atoms with E-state index < -0.39 is 96.2 Å². The fraction of sp³-hybridized carbons (Fsp3) is 0.250. The normalized spacial score (nSPS) is 17.2. The number of hydrogen-bond donors (Lipinski definition) is 0. The minimum Gasteiger partial charge on any atom is -0.251 e. The van der Waals surface area contributed by atoms with Crippen LogP contribution in [0, 0.1) is 58.2 Å². The summed E-state index contributed by atoms with van der Waals surface area (Å²) < 4.78 is 151. The van der Waals surface area contributed by atoms with Crippen LogP contribution >= 0.6 is 16.1 Å². The van der Waals surface area contributed by atoms with Crippen molar-refractivity contribution in [2.75, 3.05) is 6.54 Å². The summed E-state index contributed by atoms with van der Waals surface area (Å²) in [6.45, 7) is 1.54. The SMILES string of the molecule is CCCCN(P(c1c(F)c(F)c(F)c(F)c1F)c1c(F)c(F)c(F)c(F)c1F)P1[C@H](c2ccccc2)CC[C@H]1c1ccccc1. The monoisotopic (exact) mass is 675 g/mol. The van der Waals surface area contributed by atoms with Crippen molar-refractivity contribution in [3.8, 4) is 0 Å². The van der Waals surface area contributed by atoms with Crippen LogP contribution in [0.25, 0.3) is 0 Å². The van der Waals surface area contributed by atoms with Crippen LogP contribution in [0.15, 0.2) is 60.7 Å². The van der Waals surface area contributed by atoms with E-state index in [1.54, 1.807) is 67.6 Å². The van der Waals surface area contributed by atoms with Gasteiger partial charge in [-0.2, -0.15) is 0 Å². The van der Waals surface area contributed by atoms with Gasteiger partial charge in [0.15, 0.2) is 46.5 Å². The first-order valence-electron chi connectivity index (χ1n) is 14.0. The Bertz CT molecular complexity index is 1510. The molecule has 0 N–H and O–H groups in total. The third-order valence-corrected chi connectivity index (χ3v) is 14.3. The van der Waals surface area contributed by atoms with Gasteiger partial charge in [-0.15, -0.1) is 0 Å². The van der Waals surface area contributed by atoms with Crippen molar-refractivity contribution < 1.29 is 43.9 Å². The molecule has 2 atom stereocenters. The van der Waals surface area contributed by atoms with E-state index in [0.717, 1.165) is 11.1 Å². The first-order chi connectivity index (χ1) is 21.5. The van der Waals surface area contributed by atoms with Crippen molar-refractivity contribution >= 4 is 26.8 Å². The van der Waals surface area contributed by atoms with Crippen molar-refractivity contribution in [1.29, 1.82) is 0 Å². The molecule has 1 fully saturated rings. The first-order valence-corrected chi connectivity index (χ1v) is 16.7. The molecular formula is C32H25F10NP2. The molecule has 5 rings (SSSR count). The number of halogens is 10. The molecule has 0 spiro atoms. The van der Waals surface area contributed by atoms with Crippen LogP contribution in [0.3, 0.4) is 0 Å². The summed E-state index contributed by atoms with van der Waals surface area (Å²) in [5.41, 5.74) is 0.591. The van der Waals surface area contributed by atoms with E-state index >= 15 is 17.6 Å². The van der Waals surface area contributed by atoms with Gasteiger partial charge in [0.1, 0.15) is 0 Å². The molecule has 1 heterocycles. The van der Waals surface area contributed by atoms with E-state index in [2.05, 4.69) is 0 Å². The second-order valence-electron chi connectivity index (χ2n) is 10.4. The maximum Gasteiger partial charge on any atom is 0.200 e. The van der Waals surface area contributed by atoms with Crippen LogP contribution in [0.2, 0.25) is 0 Å². The van der Waals surface area contributed by atoms with Gasteiger partial charge in [-0.05, 0) is 38.5 Å². The van der Waals surface area contributed by atoms with Crippen molar-refractivity contribution in [2.45, 2.75) is 43.9 Å². The Balaban J connectivity index is 1.88. The minimum atomic E-state index is -3.58. The Morgan fingerprint density at radius 3 is 1.22 bits per heavy atom. The molecule has 1 aliphatic rings. The van der Waals surface area contributed by atoms with E-state index in [1.807, 2.05) is 0 Å². The topological polar surface area (TPSA) is 3.24 Å². The van der Waals surface area contributed by atoms with E-state index in [-0.39, 0.29) is 13.0 Å². The lowest BCUT2D eigenvalue weighted by Gasteiger charge is -2.42. The van der Waals surface area contributed by atoms with Crippen LogP contribution < -0.4 is 10.6 Å². The summed E-state index contributed by atoms with van der Waals surface area (Å²) in [5, 5.41) is -3.26. The second kappa shape index (κ2) is 13.8. The van der Waals surface area contributed by atoms with Crippen LogP contribution in [-0.4, -0.2) is 11.0 Å². The standard InChI is InChI=1S/C32H25F10NP2/c1-2-3-16-43(44-19(17-10-6-4-7-11-17)14-15-20(44)18-12-8-5-9-13-18)45(31-27(39)23(35)21(33)24(36)28(31)40)32-29(41)25(37)22(34)26(38)30(32)42/h4-13,19-20H,2-3,14-16H2,1H3/t19-,20-/m0/s1. The second-order valence-corrected chi connectivity index (χ2v) is 15.2. The highest BCUT2D eigenvalue weighted by Crippen LogP contribution is 2.76. The first kappa shape index (κ1) is 33.4. The van der Waals surface area contributed by atoms with Gasteiger partial charge in [0.2, 0.25) is 11.6 Å². The molecule has 4 aromatic rings. The van der Waals surface area contributed by atoms with E-state index in [4.69, 9.17) is 0 Å². The molecule has 1 saturated heterocycles. The highest BCUT2D eigenvalue weighted by Gasteiger charge is 2.48. The maximum absolute atomic E-state index is 15.7. The van der Waals surface area contributed by atoms with Crippen molar-refractivity contribution in [1.82, 2.24) is 4.44 Å². The van der Waals surface area contributed by atoms with Crippen molar-refractivity contribution in [2.24, 2.45) is 0 Å². The van der Waals surface area contributed by atoms with E-state index in [9.17, 15) is 26.3 Å². The number of unbranched alkanes of at least 4 members (excludes halogenated alkanes) is 1. The third kappa shape index (κ3) is 5.99. The summed E-state index contributed by atoms with van der Waals surface area (Å²) in [5.74, 6) is -24.2. The molecule has 0 unspecified atom stereocenters. The Labute approximate surface area is 255 Å². The molecule has 0 saturated carbocycles. The molecular weight excluding hydrogens is 650 g/mol. The Hall–Kier alpha value is -3.00. The van der Waals surface area contributed by atoms with Crippen LogP contribution in [-0.2, 0) is 0 Å². The zero-order valence-corrected chi connectivity index (χ0v) is 25.4. The fourth-order valence-electron chi connectivity index (χ4n) is 5.63. The quantitative estimate of drug-likeness (QED) is 0.0739. The number of nitrogens with zero attached hydrogens (tertiary/aromatic N) is 1. The lowest BCUT2D eigenvalue weighted by Crippen LogP contribution is -2.36. The number of rotatable bonds is 9. The zero-order chi connectivity index (χ0) is 32.6. The molecule has 13 heteroatoms. The van der Waals surface area contributed by atoms with E-state index in [0.29, 0.717) is 19.3 Å². The molecule has 4 aromatic carbocycles. The van der Waals surface area contributed by atoms with Crippen LogP contribution in [0.5, 0.6) is 0 Å². The predicted octanol–water partition coefficient (Wildman–Crippen LogP) is 10.2. The molecule has 0 amide bonds. The average molecular weight is 675 g/mol. The molecule has 45 heavy (non-hydrogen) atoms. The molecule has 1 nitrogen and oxygen atoms in total. The highest BCUT2D eigenvalue weighted by atomic mass is 31.2. The largest absolute Gasteiger partial charge is 0.251 e. The molecule has 0 aliphatic carbocycles. The van der Waals surface area contributed by atoms with Gasteiger partial charge in [0.25, 0.3) is 0 Å². The summed E-state index contributed by atoms with van der Waals surface area (Å²) >= 11 is 0. The van der Waals surface area contributed by atoms with Crippen molar-refractivity contribution in [3.63, 3.8) is 0 Å². The van der Waals surface area contributed by atoms with Crippen LogP contribution in [0.1, 0.15) is 55.1 Å². The summed E-state index contributed by atoms with van der Waals surface area (Å²) in [6, 6.07) is 17.6. The Kier molecular flexibility index (Phi) is 10.2. The zero-order valence-electron chi connectivity index (χ0n) is 23.6. The van der Waals surface area contributed by atoms with Gasteiger partial charge in [-0.1, -0.05) is 74.0 Å². The average Bonchev–Trinajstić information content (AvgIpc) is 3.50. The lowest BCUT2D eigenvalue weighted by molar-refractivity contribution is 0.382. The van der Waals surface area contributed by atoms with E-state index in [1.165, 1.54) is 4.44 Å². The molecule has 0 aromatic heterocycles. The Morgan fingerprint density at radius 2 is 0.889 bits per heavy atom. The fourth-order valence-corrected chi connectivity index (χ4v) is 13.1. The molecule has 0 radical (unpaired) electrons. The van der Waals surface area contributed by atoms with Gasteiger partial charge in [-0.3, -0.25) is 4.44 Å². The van der Waals surface area contributed by atoms with Gasteiger partial charge in [0, 0.05) is 25.9 Å². The summed E-state index contributed by atoms with van der Waals surface area (Å²) in [6.07, 6.45) is 1.57. The van der Waals surface area contributed by atoms with Gasteiger partial charge >= 0.3 is 0 Å². The lowest BCUT2D eigenvalue weighted by atomic mass is 10.0. The Morgan fingerprint density at radius 1 is 0.556 bits per heavy atom. The minimum absolute atomic E-state index is 0.195. The van der Waals surface area contributed by atoms with Gasteiger partial charge in [-0.25, -0.2) is 43.9 Å². The van der Waals surface area contributed by atoms with Crippen molar-refractivity contribution in [3.05, 3.63) is 130 Å². The smallest absolute Gasteiger partial charge is 0.200 e. The highest BCUT2D eigenvalue weighted by molar-refractivity contribution is 7.79. The van der Waals surface area contributed by atoms with Gasteiger partial charge < -0.3 is 0 Å². The van der Waals surface area contributed by atoms with Gasteiger partial charge in [0.05, 0.1) is 10.6 Å². The molecule has 0 bridgehead atoms. The third-order valence-electron chi connectivity index (χ3n) is 7.73.